The van der Waals surface area contributed by atoms with Crippen LogP contribution in [0.3, 0.4) is 0 Å². The Balaban J connectivity index is 1.99. The lowest BCUT2D eigenvalue weighted by Crippen LogP contribution is -2.31. The number of methoxy groups -OCH3 is 1. The summed E-state index contributed by atoms with van der Waals surface area (Å²) in [7, 11) is 1.59. The van der Waals surface area contributed by atoms with Crippen LogP contribution in [-0.2, 0) is 4.79 Å². The Bertz CT molecular complexity index is 662. The number of carbonyl (C=O) groups is 1. The number of carbonyl (C=O) groups excluding carboxylic acids is 1. The van der Waals surface area contributed by atoms with E-state index in [0.29, 0.717) is 5.69 Å². The summed E-state index contributed by atoms with van der Waals surface area (Å²) >= 11 is 5.88. The molecular weight excluding hydrogens is 307 g/mol. The summed E-state index contributed by atoms with van der Waals surface area (Å²) in [5.74, 6) is 0.0116. The van der Waals surface area contributed by atoms with Gasteiger partial charge >= 0.3 is 0 Å². The Kier molecular flexibility index (Phi) is 5.22. The molecule has 116 valence electrons. The van der Waals surface area contributed by atoms with Crippen molar-refractivity contribution in [2.75, 3.05) is 17.7 Å². The smallest absolute Gasteiger partial charge is 0.246 e. The molecular formula is C16H16ClFN2O2. The zero-order chi connectivity index (χ0) is 16.1. The van der Waals surface area contributed by atoms with Crippen LogP contribution in [0.5, 0.6) is 5.75 Å². The van der Waals surface area contributed by atoms with Crippen LogP contribution in [-0.4, -0.2) is 19.1 Å². The molecule has 2 rings (SSSR count). The Morgan fingerprint density at radius 3 is 2.50 bits per heavy atom. The van der Waals surface area contributed by atoms with Crippen LogP contribution in [0.1, 0.15) is 6.92 Å². The van der Waals surface area contributed by atoms with Gasteiger partial charge in [-0.05, 0) is 49.4 Å². The van der Waals surface area contributed by atoms with Gasteiger partial charge in [0.2, 0.25) is 5.91 Å². The van der Waals surface area contributed by atoms with Crippen molar-refractivity contribution in [3.63, 3.8) is 0 Å². The van der Waals surface area contributed by atoms with Gasteiger partial charge < -0.3 is 15.4 Å². The fourth-order valence-corrected chi connectivity index (χ4v) is 2.05. The molecule has 0 aliphatic rings. The SMILES string of the molecule is COc1ccc(N[C@H](C)C(=O)Nc2ccc(F)cc2Cl)cc1. The zero-order valence-corrected chi connectivity index (χ0v) is 12.9. The van der Waals surface area contributed by atoms with Crippen molar-refractivity contribution < 1.29 is 13.9 Å². The summed E-state index contributed by atoms with van der Waals surface area (Å²) in [5, 5.41) is 5.87. The van der Waals surface area contributed by atoms with E-state index < -0.39 is 11.9 Å². The second-order valence-electron chi connectivity index (χ2n) is 4.71. The lowest BCUT2D eigenvalue weighted by atomic mass is 10.2. The highest BCUT2D eigenvalue weighted by molar-refractivity contribution is 6.33. The van der Waals surface area contributed by atoms with E-state index in [2.05, 4.69) is 10.6 Å². The molecule has 0 saturated carbocycles. The first-order valence-electron chi connectivity index (χ1n) is 6.66. The van der Waals surface area contributed by atoms with Crippen LogP contribution in [0, 0.1) is 5.82 Å². The lowest BCUT2D eigenvalue weighted by molar-refractivity contribution is -0.116. The Hall–Kier alpha value is -2.27. The van der Waals surface area contributed by atoms with E-state index in [0.717, 1.165) is 17.5 Å². The number of nitrogens with one attached hydrogen (secondary N) is 2. The molecule has 0 aromatic heterocycles. The first-order chi connectivity index (χ1) is 10.5. The normalized spacial score (nSPS) is 11.6. The molecule has 0 fully saturated rings. The Morgan fingerprint density at radius 1 is 1.23 bits per heavy atom. The molecule has 0 spiro atoms. The highest BCUT2D eigenvalue weighted by Crippen LogP contribution is 2.23. The van der Waals surface area contributed by atoms with Crippen molar-refractivity contribution in [1.82, 2.24) is 0 Å². The summed E-state index contributed by atoms with van der Waals surface area (Å²) in [5.41, 5.74) is 1.16. The fraction of sp³-hybridized carbons (Fsp3) is 0.188. The van der Waals surface area contributed by atoms with Gasteiger partial charge in [-0.25, -0.2) is 4.39 Å². The number of benzene rings is 2. The molecule has 2 aromatic carbocycles. The highest BCUT2D eigenvalue weighted by Gasteiger charge is 2.14. The van der Waals surface area contributed by atoms with E-state index in [4.69, 9.17) is 16.3 Å². The average Bonchev–Trinajstić information content (AvgIpc) is 2.50. The standard InChI is InChI=1S/C16H16ClFN2O2/c1-10(19-12-4-6-13(22-2)7-5-12)16(21)20-15-8-3-11(18)9-14(15)17/h3-10,19H,1-2H3,(H,20,21)/t10-/m1/s1. The maximum atomic E-state index is 13.0. The first kappa shape index (κ1) is 16.1. The number of hydrogen-bond donors (Lipinski definition) is 2. The molecule has 4 nitrogen and oxygen atoms in total. The number of anilines is 2. The van der Waals surface area contributed by atoms with Gasteiger partial charge in [-0.1, -0.05) is 11.6 Å². The number of amides is 1. The highest BCUT2D eigenvalue weighted by atomic mass is 35.5. The van der Waals surface area contributed by atoms with E-state index in [-0.39, 0.29) is 10.9 Å². The van der Waals surface area contributed by atoms with Crippen LogP contribution >= 0.6 is 11.6 Å². The summed E-state index contributed by atoms with van der Waals surface area (Å²) in [6.45, 7) is 1.72. The van der Waals surface area contributed by atoms with Crippen molar-refractivity contribution in [2.45, 2.75) is 13.0 Å². The average molecular weight is 323 g/mol. The minimum atomic E-state index is -0.491. The molecule has 0 aliphatic carbocycles. The molecule has 0 aliphatic heterocycles. The molecule has 6 heteroatoms. The molecule has 2 N–H and O–H groups in total. The van der Waals surface area contributed by atoms with Gasteiger partial charge in [-0.3, -0.25) is 4.79 Å². The van der Waals surface area contributed by atoms with Gasteiger partial charge in [0.15, 0.2) is 0 Å². The largest absolute Gasteiger partial charge is 0.497 e. The third-order valence-electron chi connectivity index (χ3n) is 3.06. The van der Waals surface area contributed by atoms with E-state index >= 15 is 0 Å². The summed E-state index contributed by atoms with van der Waals surface area (Å²) < 4.78 is 18.0. The van der Waals surface area contributed by atoms with Crippen LogP contribution in [0.2, 0.25) is 5.02 Å². The summed E-state index contributed by atoms with van der Waals surface area (Å²) in [6, 6.07) is 10.5. The molecule has 0 saturated heterocycles. The van der Waals surface area contributed by atoms with Crippen molar-refractivity contribution in [2.24, 2.45) is 0 Å². The van der Waals surface area contributed by atoms with E-state index in [1.807, 2.05) is 12.1 Å². The van der Waals surface area contributed by atoms with Gasteiger partial charge in [-0.15, -0.1) is 0 Å². The molecule has 1 amide bonds. The van der Waals surface area contributed by atoms with Gasteiger partial charge in [-0.2, -0.15) is 0 Å². The second-order valence-corrected chi connectivity index (χ2v) is 5.12. The summed E-state index contributed by atoms with van der Waals surface area (Å²) in [4.78, 5) is 12.1. The zero-order valence-electron chi connectivity index (χ0n) is 12.2. The van der Waals surface area contributed by atoms with Crippen LogP contribution in [0.4, 0.5) is 15.8 Å². The van der Waals surface area contributed by atoms with Crippen molar-refractivity contribution in [3.8, 4) is 5.75 Å². The van der Waals surface area contributed by atoms with E-state index in [1.165, 1.54) is 12.1 Å². The second kappa shape index (κ2) is 7.13. The van der Waals surface area contributed by atoms with E-state index in [9.17, 15) is 9.18 Å². The monoisotopic (exact) mass is 322 g/mol. The third-order valence-corrected chi connectivity index (χ3v) is 3.37. The molecule has 0 radical (unpaired) electrons. The quantitative estimate of drug-likeness (QED) is 0.877. The predicted molar refractivity (Wildman–Crippen MR) is 86.1 cm³/mol. The first-order valence-corrected chi connectivity index (χ1v) is 7.04. The summed E-state index contributed by atoms with van der Waals surface area (Å²) in [6.07, 6.45) is 0. The van der Waals surface area contributed by atoms with Crippen LogP contribution < -0.4 is 15.4 Å². The minimum Gasteiger partial charge on any atom is -0.497 e. The predicted octanol–water partition coefficient (Wildman–Crippen LogP) is 3.93. The maximum absolute atomic E-state index is 13.0. The van der Waals surface area contributed by atoms with Crippen molar-refractivity contribution >= 4 is 28.9 Å². The van der Waals surface area contributed by atoms with Gasteiger partial charge in [0.25, 0.3) is 0 Å². The molecule has 0 bridgehead atoms. The van der Waals surface area contributed by atoms with Gasteiger partial charge in [0.1, 0.15) is 17.6 Å². The fourth-order valence-electron chi connectivity index (χ4n) is 1.83. The molecule has 22 heavy (non-hydrogen) atoms. The number of hydrogen-bond acceptors (Lipinski definition) is 3. The third kappa shape index (κ3) is 4.11. The topological polar surface area (TPSA) is 50.4 Å². The van der Waals surface area contributed by atoms with Gasteiger partial charge in [0.05, 0.1) is 17.8 Å². The number of halogens is 2. The Labute approximate surface area is 133 Å². The van der Waals surface area contributed by atoms with E-state index in [1.54, 1.807) is 26.2 Å². The number of rotatable bonds is 5. The molecule has 2 aromatic rings. The lowest BCUT2D eigenvalue weighted by Gasteiger charge is -2.16. The molecule has 1 atom stereocenters. The van der Waals surface area contributed by atoms with Crippen LogP contribution in [0.15, 0.2) is 42.5 Å². The Morgan fingerprint density at radius 2 is 1.91 bits per heavy atom. The van der Waals surface area contributed by atoms with Gasteiger partial charge in [0, 0.05) is 5.69 Å². The molecule has 0 unspecified atom stereocenters. The molecule has 0 heterocycles. The maximum Gasteiger partial charge on any atom is 0.246 e. The van der Waals surface area contributed by atoms with Crippen molar-refractivity contribution in [3.05, 3.63) is 53.3 Å². The minimum absolute atomic E-state index is 0.157. The van der Waals surface area contributed by atoms with Crippen molar-refractivity contribution in [1.29, 1.82) is 0 Å². The number of ether oxygens (including phenoxy) is 1. The van der Waals surface area contributed by atoms with Crippen LogP contribution in [0.25, 0.3) is 0 Å².